The summed E-state index contributed by atoms with van der Waals surface area (Å²) in [6.07, 6.45) is 0. The molecular formula is C17H18N4O2. The molecule has 0 fully saturated rings. The van der Waals surface area contributed by atoms with Gasteiger partial charge in [0.25, 0.3) is 0 Å². The van der Waals surface area contributed by atoms with Gasteiger partial charge in [0.05, 0.1) is 20.2 Å². The first kappa shape index (κ1) is 14.9. The highest BCUT2D eigenvalue weighted by molar-refractivity contribution is 5.46. The largest absolute Gasteiger partial charge is 0.497 e. The summed E-state index contributed by atoms with van der Waals surface area (Å²) in [5, 5.41) is 7.53. The zero-order valence-corrected chi connectivity index (χ0v) is 12.8. The van der Waals surface area contributed by atoms with Gasteiger partial charge < -0.3 is 10.1 Å². The van der Waals surface area contributed by atoms with Crippen molar-refractivity contribution >= 4 is 5.69 Å². The third-order valence-corrected chi connectivity index (χ3v) is 3.45. The number of rotatable bonds is 6. The normalized spacial score (nSPS) is 10.5. The minimum Gasteiger partial charge on any atom is -0.497 e. The second-order valence-electron chi connectivity index (χ2n) is 5.10. The minimum atomic E-state index is -0.208. The number of benzene rings is 2. The molecule has 6 heteroatoms. The topological polar surface area (TPSA) is 71.9 Å². The number of methoxy groups -OCH3 is 1. The lowest BCUT2D eigenvalue weighted by Gasteiger charge is -2.05. The maximum atomic E-state index is 11.9. The number of aromatic nitrogens is 3. The number of hydrogen-bond donors (Lipinski definition) is 2. The Morgan fingerprint density at radius 1 is 1.13 bits per heavy atom. The van der Waals surface area contributed by atoms with Crippen LogP contribution in [-0.4, -0.2) is 21.9 Å². The Bertz CT molecular complexity index is 807. The number of nitrogens with zero attached hydrogens (tertiary/aromatic N) is 2. The Morgan fingerprint density at radius 3 is 2.57 bits per heavy atom. The van der Waals surface area contributed by atoms with Gasteiger partial charge in [-0.1, -0.05) is 30.3 Å². The third kappa shape index (κ3) is 3.79. The quantitative estimate of drug-likeness (QED) is 0.732. The molecule has 2 N–H and O–H groups in total. The molecule has 0 saturated heterocycles. The van der Waals surface area contributed by atoms with Crippen LogP contribution >= 0.6 is 0 Å². The fourth-order valence-electron chi connectivity index (χ4n) is 2.24. The minimum absolute atomic E-state index is 0.208. The van der Waals surface area contributed by atoms with E-state index in [0.29, 0.717) is 18.9 Å². The van der Waals surface area contributed by atoms with E-state index in [1.54, 1.807) is 7.11 Å². The molecule has 0 amide bonds. The zero-order chi connectivity index (χ0) is 16.1. The van der Waals surface area contributed by atoms with Crippen molar-refractivity contribution in [2.75, 3.05) is 12.4 Å². The van der Waals surface area contributed by atoms with Crippen LogP contribution in [0.2, 0.25) is 0 Å². The second-order valence-corrected chi connectivity index (χ2v) is 5.10. The van der Waals surface area contributed by atoms with Crippen LogP contribution in [0.15, 0.2) is 59.4 Å². The molecule has 0 aliphatic carbocycles. The van der Waals surface area contributed by atoms with Crippen LogP contribution in [0, 0.1) is 0 Å². The van der Waals surface area contributed by atoms with Crippen LogP contribution in [0.1, 0.15) is 11.4 Å². The van der Waals surface area contributed by atoms with E-state index >= 15 is 0 Å². The Kier molecular flexibility index (Phi) is 4.42. The molecule has 0 radical (unpaired) electrons. The number of aromatic amines is 1. The Balaban J connectivity index is 1.65. The standard InChI is InChI=1S/C17H18N4O2/c1-23-15-9-7-14(8-10-15)18-11-16-19-17(22)21(20-16)12-13-5-3-2-4-6-13/h2-10,18H,11-12H2,1H3,(H,19,20,22). The van der Waals surface area contributed by atoms with Crippen LogP contribution in [0.3, 0.4) is 0 Å². The Labute approximate surface area is 133 Å². The van der Waals surface area contributed by atoms with Crippen LogP contribution in [-0.2, 0) is 13.1 Å². The summed E-state index contributed by atoms with van der Waals surface area (Å²) >= 11 is 0. The molecule has 0 atom stereocenters. The van der Waals surface area contributed by atoms with E-state index in [-0.39, 0.29) is 5.69 Å². The predicted octanol–water partition coefficient (Wildman–Crippen LogP) is 2.24. The first-order valence-corrected chi connectivity index (χ1v) is 7.32. The van der Waals surface area contributed by atoms with Gasteiger partial charge in [0.2, 0.25) is 0 Å². The number of hydrogen-bond acceptors (Lipinski definition) is 4. The van der Waals surface area contributed by atoms with Gasteiger partial charge in [0.1, 0.15) is 11.6 Å². The molecule has 3 aromatic rings. The lowest BCUT2D eigenvalue weighted by molar-refractivity contribution is 0.415. The van der Waals surface area contributed by atoms with Crippen LogP contribution in [0.5, 0.6) is 5.75 Å². The lowest BCUT2D eigenvalue weighted by Crippen LogP contribution is -2.18. The van der Waals surface area contributed by atoms with Crippen molar-refractivity contribution < 1.29 is 4.74 Å². The molecule has 0 aliphatic heterocycles. The fraction of sp³-hybridized carbons (Fsp3) is 0.176. The summed E-state index contributed by atoms with van der Waals surface area (Å²) in [6.45, 7) is 0.905. The van der Waals surface area contributed by atoms with Crippen molar-refractivity contribution in [2.24, 2.45) is 0 Å². The highest BCUT2D eigenvalue weighted by Crippen LogP contribution is 2.15. The molecule has 0 aliphatic rings. The molecule has 1 heterocycles. The number of nitrogens with one attached hydrogen (secondary N) is 2. The van der Waals surface area contributed by atoms with Gasteiger partial charge in [-0.15, -0.1) is 0 Å². The van der Waals surface area contributed by atoms with E-state index in [0.717, 1.165) is 17.0 Å². The van der Waals surface area contributed by atoms with Crippen LogP contribution < -0.4 is 15.7 Å². The van der Waals surface area contributed by atoms with Gasteiger partial charge in [-0.2, -0.15) is 5.10 Å². The average molecular weight is 310 g/mol. The van der Waals surface area contributed by atoms with E-state index in [1.165, 1.54) is 4.68 Å². The molecule has 23 heavy (non-hydrogen) atoms. The first-order chi connectivity index (χ1) is 11.2. The molecule has 0 spiro atoms. The highest BCUT2D eigenvalue weighted by atomic mass is 16.5. The molecule has 6 nitrogen and oxygen atoms in total. The van der Waals surface area contributed by atoms with Gasteiger partial charge in [-0.3, -0.25) is 4.98 Å². The number of ether oxygens (including phenoxy) is 1. The summed E-state index contributed by atoms with van der Waals surface area (Å²) in [5.74, 6) is 1.40. The SMILES string of the molecule is COc1ccc(NCc2nn(Cc3ccccc3)c(=O)[nH]2)cc1. The highest BCUT2D eigenvalue weighted by Gasteiger charge is 2.05. The van der Waals surface area contributed by atoms with Crippen LogP contribution in [0.4, 0.5) is 5.69 Å². The number of H-pyrrole nitrogens is 1. The van der Waals surface area contributed by atoms with E-state index in [9.17, 15) is 4.79 Å². The van der Waals surface area contributed by atoms with Gasteiger partial charge in [0.15, 0.2) is 0 Å². The van der Waals surface area contributed by atoms with Gasteiger partial charge in [0, 0.05) is 5.69 Å². The molecule has 0 unspecified atom stereocenters. The third-order valence-electron chi connectivity index (χ3n) is 3.45. The zero-order valence-electron chi connectivity index (χ0n) is 12.8. The van der Waals surface area contributed by atoms with Gasteiger partial charge in [-0.05, 0) is 29.8 Å². The van der Waals surface area contributed by atoms with E-state index in [4.69, 9.17) is 4.74 Å². The van der Waals surface area contributed by atoms with Crippen molar-refractivity contribution in [2.45, 2.75) is 13.1 Å². The van der Waals surface area contributed by atoms with E-state index < -0.39 is 0 Å². The molecular weight excluding hydrogens is 292 g/mol. The summed E-state index contributed by atoms with van der Waals surface area (Å²) in [6, 6.07) is 17.3. The molecule has 118 valence electrons. The molecule has 2 aromatic carbocycles. The lowest BCUT2D eigenvalue weighted by atomic mass is 10.2. The number of anilines is 1. The van der Waals surface area contributed by atoms with Crippen molar-refractivity contribution in [1.82, 2.24) is 14.8 Å². The van der Waals surface area contributed by atoms with Crippen molar-refractivity contribution in [3.05, 3.63) is 76.5 Å². The monoisotopic (exact) mass is 310 g/mol. The van der Waals surface area contributed by atoms with Gasteiger partial charge in [-0.25, -0.2) is 9.48 Å². The fourth-order valence-corrected chi connectivity index (χ4v) is 2.24. The van der Waals surface area contributed by atoms with Crippen molar-refractivity contribution in [3.8, 4) is 5.75 Å². The Morgan fingerprint density at radius 2 is 1.87 bits per heavy atom. The van der Waals surface area contributed by atoms with E-state index in [1.807, 2.05) is 54.6 Å². The maximum absolute atomic E-state index is 11.9. The average Bonchev–Trinajstić information content (AvgIpc) is 2.94. The molecule has 3 rings (SSSR count). The van der Waals surface area contributed by atoms with Crippen molar-refractivity contribution in [1.29, 1.82) is 0 Å². The maximum Gasteiger partial charge on any atom is 0.343 e. The Hall–Kier alpha value is -3.02. The van der Waals surface area contributed by atoms with E-state index in [2.05, 4.69) is 15.4 Å². The molecule has 0 saturated carbocycles. The van der Waals surface area contributed by atoms with Crippen LogP contribution in [0.25, 0.3) is 0 Å². The smallest absolute Gasteiger partial charge is 0.343 e. The summed E-state index contributed by atoms with van der Waals surface area (Å²) < 4.78 is 6.55. The second kappa shape index (κ2) is 6.83. The summed E-state index contributed by atoms with van der Waals surface area (Å²) in [4.78, 5) is 14.7. The predicted molar refractivity (Wildman–Crippen MR) is 88.7 cm³/mol. The molecule has 0 bridgehead atoms. The first-order valence-electron chi connectivity index (χ1n) is 7.32. The van der Waals surface area contributed by atoms with Crippen molar-refractivity contribution in [3.63, 3.8) is 0 Å². The summed E-state index contributed by atoms with van der Waals surface area (Å²) in [7, 11) is 1.63. The molecule has 1 aromatic heterocycles. The van der Waals surface area contributed by atoms with Gasteiger partial charge >= 0.3 is 5.69 Å². The summed E-state index contributed by atoms with van der Waals surface area (Å²) in [5.41, 5.74) is 1.76.